The summed E-state index contributed by atoms with van der Waals surface area (Å²) in [6, 6.07) is 5.54. The molecule has 114 valence electrons. The van der Waals surface area contributed by atoms with Crippen LogP contribution in [0, 0.1) is 5.82 Å². The summed E-state index contributed by atoms with van der Waals surface area (Å²) in [4.78, 5) is 25.3. The van der Waals surface area contributed by atoms with E-state index in [1.54, 1.807) is 17.0 Å². The molecule has 21 heavy (non-hydrogen) atoms. The van der Waals surface area contributed by atoms with Crippen molar-refractivity contribution in [1.82, 2.24) is 15.5 Å². The Labute approximate surface area is 123 Å². The first kappa shape index (κ1) is 15.3. The summed E-state index contributed by atoms with van der Waals surface area (Å²) in [5.74, 6) is -0.459. The van der Waals surface area contributed by atoms with Crippen molar-refractivity contribution < 1.29 is 14.0 Å². The van der Waals surface area contributed by atoms with Crippen molar-refractivity contribution >= 4 is 11.9 Å². The number of hydrogen-bond acceptors (Lipinski definition) is 2. The van der Waals surface area contributed by atoms with Crippen molar-refractivity contribution in [3.8, 4) is 0 Å². The second-order valence-electron chi connectivity index (χ2n) is 5.42. The Kier molecular flexibility index (Phi) is 4.77. The Balaban J connectivity index is 1.78. The SMILES string of the molecule is CC(C)N1CC(C(=O)NCCc2ccc(F)cc2)NC1=O. The number of nitrogens with one attached hydrogen (secondary N) is 2. The number of halogens is 1. The summed E-state index contributed by atoms with van der Waals surface area (Å²) in [6.07, 6.45) is 0.626. The van der Waals surface area contributed by atoms with Crippen molar-refractivity contribution in [3.63, 3.8) is 0 Å². The molecule has 0 saturated carbocycles. The van der Waals surface area contributed by atoms with Crippen LogP contribution in [0.2, 0.25) is 0 Å². The highest BCUT2D eigenvalue weighted by atomic mass is 19.1. The second kappa shape index (κ2) is 6.56. The minimum Gasteiger partial charge on any atom is -0.354 e. The number of rotatable bonds is 5. The molecule has 1 heterocycles. The van der Waals surface area contributed by atoms with Crippen LogP contribution < -0.4 is 10.6 Å². The molecule has 1 saturated heterocycles. The summed E-state index contributed by atoms with van der Waals surface area (Å²) in [5.41, 5.74) is 0.955. The molecule has 0 aliphatic carbocycles. The maximum atomic E-state index is 12.8. The molecule has 1 atom stereocenters. The first-order valence-electron chi connectivity index (χ1n) is 7.06. The Hall–Kier alpha value is -2.11. The molecule has 1 aliphatic heterocycles. The highest BCUT2D eigenvalue weighted by Gasteiger charge is 2.34. The largest absolute Gasteiger partial charge is 0.354 e. The molecule has 1 fully saturated rings. The fourth-order valence-electron chi connectivity index (χ4n) is 2.26. The lowest BCUT2D eigenvalue weighted by Crippen LogP contribution is -2.43. The van der Waals surface area contributed by atoms with E-state index >= 15 is 0 Å². The smallest absolute Gasteiger partial charge is 0.318 e. The van der Waals surface area contributed by atoms with Crippen molar-refractivity contribution in [2.75, 3.05) is 13.1 Å². The van der Waals surface area contributed by atoms with Gasteiger partial charge in [0.15, 0.2) is 0 Å². The molecule has 1 unspecified atom stereocenters. The van der Waals surface area contributed by atoms with Crippen LogP contribution in [0.5, 0.6) is 0 Å². The summed E-state index contributed by atoms with van der Waals surface area (Å²) in [5, 5.41) is 5.46. The van der Waals surface area contributed by atoms with Crippen LogP contribution in [-0.2, 0) is 11.2 Å². The van der Waals surface area contributed by atoms with E-state index in [4.69, 9.17) is 0 Å². The van der Waals surface area contributed by atoms with Crippen LogP contribution in [0.15, 0.2) is 24.3 Å². The summed E-state index contributed by atoms with van der Waals surface area (Å²) >= 11 is 0. The van der Waals surface area contributed by atoms with Crippen LogP contribution >= 0.6 is 0 Å². The van der Waals surface area contributed by atoms with Gasteiger partial charge in [-0.1, -0.05) is 12.1 Å². The molecule has 2 rings (SSSR count). The first-order chi connectivity index (χ1) is 9.97. The molecule has 1 aliphatic rings. The molecule has 6 heteroatoms. The fourth-order valence-corrected chi connectivity index (χ4v) is 2.26. The number of nitrogens with zero attached hydrogens (tertiary/aromatic N) is 1. The topological polar surface area (TPSA) is 61.4 Å². The van der Waals surface area contributed by atoms with Gasteiger partial charge in [-0.25, -0.2) is 9.18 Å². The van der Waals surface area contributed by atoms with Gasteiger partial charge in [0.25, 0.3) is 0 Å². The lowest BCUT2D eigenvalue weighted by atomic mass is 10.1. The van der Waals surface area contributed by atoms with Crippen LogP contribution in [0.1, 0.15) is 19.4 Å². The molecular weight excluding hydrogens is 273 g/mol. The Morgan fingerprint density at radius 1 is 1.43 bits per heavy atom. The molecule has 2 N–H and O–H groups in total. The average molecular weight is 293 g/mol. The van der Waals surface area contributed by atoms with Gasteiger partial charge < -0.3 is 15.5 Å². The lowest BCUT2D eigenvalue weighted by molar-refractivity contribution is -0.122. The third-order valence-electron chi connectivity index (χ3n) is 3.50. The molecule has 3 amide bonds. The van der Waals surface area contributed by atoms with E-state index in [9.17, 15) is 14.0 Å². The van der Waals surface area contributed by atoms with E-state index < -0.39 is 6.04 Å². The van der Waals surface area contributed by atoms with Gasteiger partial charge in [0.1, 0.15) is 11.9 Å². The maximum absolute atomic E-state index is 12.8. The van der Waals surface area contributed by atoms with Crippen LogP contribution in [0.4, 0.5) is 9.18 Å². The zero-order valence-corrected chi connectivity index (χ0v) is 12.2. The van der Waals surface area contributed by atoms with E-state index in [1.165, 1.54) is 12.1 Å². The highest BCUT2D eigenvalue weighted by molar-refractivity contribution is 5.90. The molecule has 1 aromatic rings. The summed E-state index contributed by atoms with van der Waals surface area (Å²) < 4.78 is 12.8. The number of carbonyl (C=O) groups excluding carboxylic acids is 2. The number of hydrogen-bond donors (Lipinski definition) is 2. The minimum absolute atomic E-state index is 0.0713. The van der Waals surface area contributed by atoms with Crippen LogP contribution in [0.25, 0.3) is 0 Å². The van der Waals surface area contributed by atoms with Crippen molar-refractivity contribution in [2.24, 2.45) is 0 Å². The highest BCUT2D eigenvalue weighted by Crippen LogP contribution is 2.08. The van der Waals surface area contributed by atoms with E-state index in [1.807, 2.05) is 13.8 Å². The maximum Gasteiger partial charge on any atom is 0.318 e. The van der Waals surface area contributed by atoms with Gasteiger partial charge in [-0.05, 0) is 38.0 Å². The number of benzene rings is 1. The number of amides is 3. The van der Waals surface area contributed by atoms with E-state index in [0.29, 0.717) is 19.5 Å². The van der Waals surface area contributed by atoms with Gasteiger partial charge >= 0.3 is 6.03 Å². The predicted molar refractivity (Wildman–Crippen MR) is 77.3 cm³/mol. The number of carbonyl (C=O) groups is 2. The second-order valence-corrected chi connectivity index (χ2v) is 5.42. The van der Waals surface area contributed by atoms with Gasteiger partial charge in [-0.2, -0.15) is 0 Å². The first-order valence-corrected chi connectivity index (χ1v) is 7.06. The number of urea groups is 1. The molecular formula is C15H20FN3O2. The summed E-state index contributed by atoms with van der Waals surface area (Å²) in [6.45, 7) is 4.67. The molecule has 0 radical (unpaired) electrons. The molecule has 0 bridgehead atoms. The molecule has 5 nitrogen and oxygen atoms in total. The van der Waals surface area contributed by atoms with Crippen LogP contribution in [-0.4, -0.2) is 42.0 Å². The lowest BCUT2D eigenvalue weighted by Gasteiger charge is -2.18. The van der Waals surface area contributed by atoms with Gasteiger partial charge in [0.2, 0.25) is 5.91 Å². The van der Waals surface area contributed by atoms with Crippen molar-refractivity contribution in [1.29, 1.82) is 0 Å². The van der Waals surface area contributed by atoms with Gasteiger partial charge in [0, 0.05) is 12.6 Å². The monoisotopic (exact) mass is 293 g/mol. The standard InChI is InChI=1S/C15H20FN3O2/c1-10(2)19-9-13(18-15(19)21)14(20)17-8-7-11-3-5-12(16)6-4-11/h3-6,10,13H,7-9H2,1-2H3,(H,17,20)(H,18,21). The summed E-state index contributed by atoms with van der Waals surface area (Å²) in [7, 11) is 0. The average Bonchev–Trinajstić information content (AvgIpc) is 2.83. The third kappa shape index (κ3) is 3.93. The molecule has 1 aromatic carbocycles. The molecule has 0 aromatic heterocycles. The normalized spacial score (nSPS) is 18.0. The van der Waals surface area contributed by atoms with Gasteiger partial charge in [-0.15, -0.1) is 0 Å². The Morgan fingerprint density at radius 2 is 2.10 bits per heavy atom. The van der Waals surface area contributed by atoms with Crippen molar-refractivity contribution in [3.05, 3.63) is 35.6 Å². The minimum atomic E-state index is -0.506. The Bertz CT molecular complexity index is 516. The van der Waals surface area contributed by atoms with Crippen LogP contribution in [0.3, 0.4) is 0 Å². The zero-order chi connectivity index (χ0) is 15.4. The van der Waals surface area contributed by atoms with E-state index in [0.717, 1.165) is 5.56 Å². The quantitative estimate of drug-likeness (QED) is 0.859. The Morgan fingerprint density at radius 3 is 2.67 bits per heavy atom. The van der Waals surface area contributed by atoms with Gasteiger partial charge in [-0.3, -0.25) is 4.79 Å². The zero-order valence-electron chi connectivity index (χ0n) is 12.2. The van der Waals surface area contributed by atoms with Gasteiger partial charge in [0.05, 0.1) is 6.54 Å². The molecule has 0 spiro atoms. The fraction of sp³-hybridized carbons (Fsp3) is 0.467. The third-order valence-corrected chi connectivity index (χ3v) is 3.50. The predicted octanol–water partition coefficient (Wildman–Crippen LogP) is 1.29. The van der Waals surface area contributed by atoms with E-state index in [-0.39, 0.29) is 23.8 Å². The van der Waals surface area contributed by atoms with E-state index in [2.05, 4.69) is 10.6 Å². The van der Waals surface area contributed by atoms with Crippen molar-refractivity contribution in [2.45, 2.75) is 32.4 Å².